The molecule has 1 aromatic carbocycles. The number of nitrogens with one attached hydrogen (secondary N) is 1. The van der Waals surface area contributed by atoms with E-state index < -0.39 is 6.10 Å². The number of carbonyl (C=O) groups excluding carboxylic acids is 1. The predicted octanol–water partition coefficient (Wildman–Crippen LogP) is 0.695. The number of nitrogens with zero attached hydrogens (tertiary/aromatic N) is 1. The summed E-state index contributed by atoms with van der Waals surface area (Å²) in [5.41, 5.74) is 1.31. The van der Waals surface area contributed by atoms with Gasteiger partial charge in [0, 0.05) is 19.7 Å². The Bertz CT molecular complexity index is 492. The van der Waals surface area contributed by atoms with Crippen molar-refractivity contribution in [2.75, 3.05) is 20.3 Å². The molecule has 0 aliphatic carbocycles. The van der Waals surface area contributed by atoms with Gasteiger partial charge in [-0.1, -0.05) is 12.1 Å². The van der Waals surface area contributed by atoms with Gasteiger partial charge in [0.15, 0.2) is 0 Å². The zero-order valence-corrected chi connectivity index (χ0v) is 10.7. The van der Waals surface area contributed by atoms with E-state index in [-0.39, 0.29) is 19.1 Å². The van der Waals surface area contributed by atoms with E-state index in [0.29, 0.717) is 5.56 Å². The molecular formula is C14H16N2O3. The third-order valence-corrected chi connectivity index (χ3v) is 2.31. The highest BCUT2D eigenvalue weighted by molar-refractivity contribution is 5.91. The van der Waals surface area contributed by atoms with Crippen LogP contribution in [0.4, 0.5) is 0 Å². The summed E-state index contributed by atoms with van der Waals surface area (Å²) in [6, 6.07) is 8.95. The number of ether oxygens (including phenoxy) is 1. The van der Waals surface area contributed by atoms with Gasteiger partial charge >= 0.3 is 0 Å². The van der Waals surface area contributed by atoms with Crippen molar-refractivity contribution in [2.24, 2.45) is 0 Å². The third kappa shape index (κ3) is 5.82. The molecule has 1 amide bonds. The van der Waals surface area contributed by atoms with Gasteiger partial charge in [-0.05, 0) is 23.8 Å². The van der Waals surface area contributed by atoms with Crippen LogP contribution in [0.1, 0.15) is 11.1 Å². The Morgan fingerprint density at radius 3 is 3.11 bits per heavy atom. The molecule has 5 heteroatoms. The molecule has 1 unspecified atom stereocenters. The van der Waals surface area contributed by atoms with E-state index in [1.165, 1.54) is 13.2 Å². The molecule has 2 N–H and O–H groups in total. The number of carbonyl (C=O) groups is 1. The Balaban J connectivity index is 2.47. The standard InChI is InChI=1S/C14H16N2O3/c1-19-10-13(17)9-16-14(18)6-5-11-3-2-4-12(7-11)8-15/h2-7,13,17H,9-10H2,1H3,(H,16,18). The highest BCUT2D eigenvalue weighted by atomic mass is 16.5. The van der Waals surface area contributed by atoms with Crippen molar-refractivity contribution in [2.45, 2.75) is 6.10 Å². The molecule has 0 saturated carbocycles. The van der Waals surface area contributed by atoms with Crippen molar-refractivity contribution in [3.63, 3.8) is 0 Å². The first-order valence-corrected chi connectivity index (χ1v) is 5.78. The number of rotatable bonds is 6. The molecule has 1 atom stereocenters. The summed E-state index contributed by atoms with van der Waals surface area (Å²) in [7, 11) is 1.48. The van der Waals surface area contributed by atoms with Gasteiger partial charge in [-0.15, -0.1) is 0 Å². The molecule has 1 aromatic rings. The second-order valence-electron chi connectivity index (χ2n) is 3.92. The predicted molar refractivity (Wildman–Crippen MR) is 71.1 cm³/mol. The number of benzene rings is 1. The molecule has 0 heterocycles. The molecule has 100 valence electrons. The maximum absolute atomic E-state index is 11.5. The van der Waals surface area contributed by atoms with E-state index in [4.69, 9.17) is 10.00 Å². The maximum Gasteiger partial charge on any atom is 0.244 e. The summed E-state index contributed by atoms with van der Waals surface area (Å²) >= 11 is 0. The fraction of sp³-hybridized carbons (Fsp3) is 0.286. The zero-order chi connectivity index (χ0) is 14.1. The van der Waals surface area contributed by atoms with E-state index >= 15 is 0 Å². The van der Waals surface area contributed by atoms with Crippen LogP contribution < -0.4 is 5.32 Å². The van der Waals surface area contributed by atoms with Gasteiger partial charge in [-0.3, -0.25) is 4.79 Å². The summed E-state index contributed by atoms with van der Waals surface area (Å²) in [6.45, 7) is 0.309. The van der Waals surface area contributed by atoms with Crippen LogP contribution in [0, 0.1) is 11.3 Å². The van der Waals surface area contributed by atoms with Crippen LogP contribution in [-0.2, 0) is 9.53 Å². The minimum absolute atomic E-state index is 0.134. The number of amides is 1. The smallest absolute Gasteiger partial charge is 0.244 e. The lowest BCUT2D eigenvalue weighted by Crippen LogP contribution is -2.33. The Morgan fingerprint density at radius 2 is 2.42 bits per heavy atom. The highest BCUT2D eigenvalue weighted by Gasteiger charge is 2.04. The largest absolute Gasteiger partial charge is 0.389 e. The number of aliphatic hydroxyl groups is 1. The molecule has 0 aliphatic rings. The van der Waals surface area contributed by atoms with Crippen LogP contribution in [0.5, 0.6) is 0 Å². The minimum Gasteiger partial charge on any atom is -0.389 e. The van der Waals surface area contributed by atoms with Crippen LogP contribution in [0.15, 0.2) is 30.3 Å². The van der Waals surface area contributed by atoms with E-state index in [2.05, 4.69) is 5.32 Å². The number of aliphatic hydroxyl groups excluding tert-OH is 1. The van der Waals surface area contributed by atoms with Gasteiger partial charge in [0.1, 0.15) is 0 Å². The Hall–Kier alpha value is -2.16. The van der Waals surface area contributed by atoms with Crippen LogP contribution in [0.2, 0.25) is 0 Å². The summed E-state index contributed by atoms with van der Waals surface area (Å²) in [4.78, 5) is 11.5. The monoisotopic (exact) mass is 260 g/mol. The van der Waals surface area contributed by atoms with Crippen molar-refractivity contribution in [3.8, 4) is 6.07 Å². The molecule has 0 saturated heterocycles. The lowest BCUT2D eigenvalue weighted by Gasteiger charge is -2.08. The second-order valence-corrected chi connectivity index (χ2v) is 3.92. The zero-order valence-electron chi connectivity index (χ0n) is 10.7. The Kier molecular flexibility index (Phi) is 6.30. The second kappa shape index (κ2) is 8.03. The summed E-state index contributed by atoms with van der Waals surface area (Å²) < 4.78 is 4.74. The van der Waals surface area contributed by atoms with Gasteiger partial charge in [0.2, 0.25) is 5.91 Å². The quantitative estimate of drug-likeness (QED) is 0.737. The molecule has 0 spiro atoms. The average Bonchev–Trinajstić information content (AvgIpc) is 2.43. The van der Waals surface area contributed by atoms with E-state index in [9.17, 15) is 9.90 Å². The van der Waals surface area contributed by atoms with Gasteiger partial charge in [0.25, 0.3) is 0 Å². The fourth-order valence-electron chi connectivity index (χ4n) is 1.41. The van der Waals surface area contributed by atoms with Crippen LogP contribution in [0.3, 0.4) is 0 Å². The molecule has 0 radical (unpaired) electrons. The normalized spacial score (nSPS) is 12.1. The number of hydrogen-bond donors (Lipinski definition) is 2. The summed E-state index contributed by atoms with van der Waals surface area (Å²) in [6.07, 6.45) is 2.25. The average molecular weight is 260 g/mol. The van der Waals surface area contributed by atoms with Crippen molar-refractivity contribution in [1.82, 2.24) is 5.32 Å². The van der Waals surface area contributed by atoms with Crippen molar-refractivity contribution in [1.29, 1.82) is 5.26 Å². The lowest BCUT2D eigenvalue weighted by molar-refractivity contribution is -0.117. The van der Waals surface area contributed by atoms with Crippen LogP contribution in [-0.4, -0.2) is 37.4 Å². The molecular weight excluding hydrogens is 244 g/mol. The minimum atomic E-state index is -0.718. The van der Waals surface area contributed by atoms with E-state index in [1.54, 1.807) is 30.3 Å². The Morgan fingerprint density at radius 1 is 1.63 bits per heavy atom. The highest BCUT2D eigenvalue weighted by Crippen LogP contribution is 2.05. The first kappa shape index (κ1) is 14.9. The number of hydrogen-bond acceptors (Lipinski definition) is 4. The maximum atomic E-state index is 11.5. The Labute approximate surface area is 112 Å². The SMILES string of the molecule is COCC(O)CNC(=O)C=Cc1cccc(C#N)c1. The first-order chi connectivity index (χ1) is 9.15. The molecule has 0 bridgehead atoms. The fourth-order valence-corrected chi connectivity index (χ4v) is 1.41. The molecule has 0 fully saturated rings. The third-order valence-electron chi connectivity index (χ3n) is 2.31. The molecule has 19 heavy (non-hydrogen) atoms. The lowest BCUT2D eigenvalue weighted by atomic mass is 10.1. The summed E-state index contributed by atoms with van der Waals surface area (Å²) in [5.74, 6) is -0.308. The van der Waals surface area contributed by atoms with Gasteiger partial charge in [-0.2, -0.15) is 5.26 Å². The van der Waals surface area contributed by atoms with Gasteiger partial charge in [-0.25, -0.2) is 0 Å². The molecule has 5 nitrogen and oxygen atoms in total. The molecule has 0 aliphatic heterocycles. The van der Waals surface area contributed by atoms with Crippen molar-refractivity contribution < 1.29 is 14.6 Å². The number of methoxy groups -OCH3 is 1. The van der Waals surface area contributed by atoms with E-state index in [0.717, 1.165) is 5.56 Å². The van der Waals surface area contributed by atoms with E-state index in [1.807, 2.05) is 6.07 Å². The first-order valence-electron chi connectivity index (χ1n) is 5.78. The molecule has 1 rings (SSSR count). The van der Waals surface area contributed by atoms with Crippen molar-refractivity contribution in [3.05, 3.63) is 41.5 Å². The van der Waals surface area contributed by atoms with Crippen molar-refractivity contribution >= 4 is 12.0 Å². The topological polar surface area (TPSA) is 82.3 Å². The number of nitriles is 1. The van der Waals surface area contributed by atoms with Gasteiger partial charge in [0.05, 0.1) is 24.3 Å². The van der Waals surface area contributed by atoms with Crippen LogP contribution in [0.25, 0.3) is 6.08 Å². The van der Waals surface area contributed by atoms with Gasteiger partial charge < -0.3 is 15.2 Å². The van der Waals surface area contributed by atoms with Crippen LogP contribution >= 0.6 is 0 Å². The molecule has 0 aromatic heterocycles. The summed E-state index contributed by atoms with van der Waals surface area (Å²) in [5, 5.41) is 20.6.